The van der Waals surface area contributed by atoms with Crippen molar-refractivity contribution in [1.82, 2.24) is 4.98 Å². The first-order chi connectivity index (χ1) is 7.13. The first-order valence-electron chi connectivity index (χ1n) is 4.72. The Morgan fingerprint density at radius 2 is 1.87 bits per heavy atom. The van der Waals surface area contributed by atoms with Gasteiger partial charge in [-0.25, -0.2) is 13.4 Å². The van der Waals surface area contributed by atoms with E-state index in [4.69, 9.17) is 0 Å². The zero-order chi connectivity index (χ0) is 10.9. The summed E-state index contributed by atoms with van der Waals surface area (Å²) in [5.74, 6) is 0.0817. The number of benzene rings is 1. The topological polar surface area (TPSA) is 47.0 Å². The third-order valence-electron chi connectivity index (χ3n) is 2.27. The SMILES string of the molecule is CCS(=O)(=O)c1ccc2ccccc2n1. The number of para-hydroxylation sites is 1. The highest BCUT2D eigenvalue weighted by Gasteiger charge is 2.12. The van der Waals surface area contributed by atoms with Gasteiger partial charge >= 0.3 is 0 Å². The minimum atomic E-state index is -3.20. The summed E-state index contributed by atoms with van der Waals surface area (Å²) in [6.45, 7) is 1.62. The highest BCUT2D eigenvalue weighted by molar-refractivity contribution is 7.91. The van der Waals surface area contributed by atoms with E-state index in [0.29, 0.717) is 5.52 Å². The number of rotatable bonds is 2. The molecule has 0 aliphatic rings. The van der Waals surface area contributed by atoms with Crippen LogP contribution in [0.25, 0.3) is 10.9 Å². The molecule has 78 valence electrons. The summed E-state index contributed by atoms with van der Waals surface area (Å²) in [5, 5.41) is 1.11. The number of pyridine rings is 1. The molecule has 1 aromatic heterocycles. The number of sulfone groups is 1. The Hall–Kier alpha value is -1.42. The van der Waals surface area contributed by atoms with E-state index in [-0.39, 0.29) is 10.8 Å². The lowest BCUT2D eigenvalue weighted by Crippen LogP contribution is -2.05. The van der Waals surface area contributed by atoms with Crippen molar-refractivity contribution in [1.29, 1.82) is 0 Å². The predicted octanol–water partition coefficient (Wildman–Crippen LogP) is 2.03. The third kappa shape index (κ3) is 1.85. The summed E-state index contributed by atoms with van der Waals surface area (Å²) >= 11 is 0. The van der Waals surface area contributed by atoms with Crippen molar-refractivity contribution in [3.8, 4) is 0 Å². The zero-order valence-corrected chi connectivity index (χ0v) is 9.16. The normalized spacial score (nSPS) is 11.8. The van der Waals surface area contributed by atoms with E-state index in [2.05, 4.69) is 4.98 Å². The molecule has 0 aliphatic carbocycles. The van der Waals surface area contributed by atoms with E-state index in [1.807, 2.05) is 24.3 Å². The number of nitrogens with zero attached hydrogens (tertiary/aromatic N) is 1. The van der Waals surface area contributed by atoms with Gasteiger partial charge in [0, 0.05) is 5.39 Å². The Balaban J connectivity index is 2.67. The quantitative estimate of drug-likeness (QED) is 0.779. The van der Waals surface area contributed by atoms with Crippen molar-refractivity contribution >= 4 is 20.7 Å². The monoisotopic (exact) mass is 221 g/mol. The molecule has 4 heteroatoms. The second kappa shape index (κ2) is 3.62. The lowest BCUT2D eigenvalue weighted by atomic mass is 10.2. The zero-order valence-electron chi connectivity index (χ0n) is 8.34. The summed E-state index contributed by atoms with van der Waals surface area (Å²) in [6, 6.07) is 10.8. The van der Waals surface area contributed by atoms with E-state index in [9.17, 15) is 8.42 Å². The molecule has 0 saturated heterocycles. The number of hydrogen-bond acceptors (Lipinski definition) is 3. The highest BCUT2D eigenvalue weighted by atomic mass is 32.2. The van der Waals surface area contributed by atoms with Crippen molar-refractivity contribution in [2.75, 3.05) is 5.75 Å². The van der Waals surface area contributed by atoms with Gasteiger partial charge in [0.15, 0.2) is 14.9 Å². The molecule has 0 aliphatic heterocycles. The van der Waals surface area contributed by atoms with E-state index >= 15 is 0 Å². The molecule has 0 spiro atoms. The maximum atomic E-state index is 11.6. The molecule has 2 aromatic rings. The number of fused-ring (bicyclic) bond motifs is 1. The molecule has 0 atom stereocenters. The van der Waals surface area contributed by atoms with Gasteiger partial charge < -0.3 is 0 Å². The molecule has 1 heterocycles. The van der Waals surface area contributed by atoms with Crippen LogP contribution in [0.2, 0.25) is 0 Å². The fourth-order valence-electron chi connectivity index (χ4n) is 1.37. The van der Waals surface area contributed by atoms with Crippen LogP contribution in [0.15, 0.2) is 41.4 Å². The van der Waals surface area contributed by atoms with E-state index < -0.39 is 9.84 Å². The predicted molar refractivity (Wildman–Crippen MR) is 59.5 cm³/mol. The van der Waals surface area contributed by atoms with Gasteiger partial charge in [0.25, 0.3) is 0 Å². The van der Waals surface area contributed by atoms with Gasteiger partial charge in [0.2, 0.25) is 0 Å². The molecular formula is C11H11NO2S. The van der Waals surface area contributed by atoms with Gasteiger partial charge in [0.1, 0.15) is 0 Å². The van der Waals surface area contributed by atoms with E-state index in [1.165, 1.54) is 0 Å². The van der Waals surface area contributed by atoms with Crippen LogP contribution < -0.4 is 0 Å². The second-order valence-electron chi connectivity index (χ2n) is 3.25. The van der Waals surface area contributed by atoms with E-state index in [1.54, 1.807) is 19.1 Å². The minimum Gasteiger partial charge on any atom is -0.236 e. The maximum Gasteiger partial charge on any atom is 0.195 e. The molecule has 2 rings (SSSR count). The summed E-state index contributed by atoms with van der Waals surface area (Å²) in [4.78, 5) is 4.13. The van der Waals surface area contributed by atoms with Gasteiger partial charge in [-0.1, -0.05) is 25.1 Å². The van der Waals surface area contributed by atoms with Crippen LogP contribution in [0, 0.1) is 0 Å². The van der Waals surface area contributed by atoms with Crippen LogP contribution >= 0.6 is 0 Å². The summed E-state index contributed by atoms with van der Waals surface area (Å²) in [6.07, 6.45) is 0. The summed E-state index contributed by atoms with van der Waals surface area (Å²) in [5.41, 5.74) is 0.715. The van der Waals surface area contributed by atoms with Crippen molar-refractivity contribution in [3.63, 3.8) is 0 Å². The van der Waals surface area contributed by atoms with Gasteiger partial charge in [0.05, 0.1) is 11.3 Å². The molecule has 0 saturated carbocycles. The Bertz CT molecular complexity index is 590. The first kappa shape index (κ1) is 10.1. The fourth-order valence-corrected chi connectivity index (χ4v) is 2.18. The third-order valence-corrected chi connectivity index (χ3v) is 3.90. The van der Waals surface area contributed by atoms with Crippen LogP contribution in [-0.4, -0.2) is 19.2 Å². The largest absolute Gasteiger partial charge is 0.236 e. The number of aromatic nitrogens is 1. The Labute approximate surface area is 88.7 Å². The molecule has 0 N–H and O–H groups in total. The molecule has 0 amide bonds. The molecular weight excluding hydrogens is 210 g/mol. The van der Waals surface area contributed by atoms with Crippen molar-refractivity contribution in [2.45, 2.75) is 11.9 Å². The summed E-state index contributed by atoms with van der Waals surface area (Å²) in [7, 11) is -3.20. The average molecular weight is 221 g/mol. The van der Waals surface area contributed by atoms with Crippen LogP contribution in [0.4, 0.5) is 0 Å². The average Bonchev–Trinajstić information content (AvgIpc) is 2.28. The molecule has 0 radical (unpaired) electrons. The van der Waals surface area contributed by atoms with Crippen LogP contribution in [0.1, 0.15) is 6.92 Å². The lowest BCUT2D eigenvalue weighted by molar-refractivity contribution is 0.594. The van der Waals surface area contributed by atoms with Crippen molar-refractivity contribution < 1.29 is 8.42 Å². The smallest absolute Gasteiger partial charge is 0.195 e. The molecule has 0 fully saturated rings. The van der Waals surface area contributed by atoms with Crippen molar-refractivity contribution in [3.05, 3.63) is 36.4 Å². The summed E-state index contributed by atoms with van der Waals surface area (Å²) < 4.78 is 23.2. The molecule has 15 heavy (non-hydrogen) atoms. The maximum absolute atomic E-state index is 11.6. The van der Waals surface area contributed by atoms with Crippen LogP contribution in [0.5, 0.6) is 0 Å². The van der Waals surface area contributed by atoms with Gasteiger partial charge in [-0.2, -0.15) is 0 Å². The molecule has 1 aromatic carbocycles. The van der Waals surface area contributed by atoms with Crippen molar-refractivity contribution in [2.24, 2.45) is 0 Å². The fraction of sp³-hybridized carbons (Fsp3) is 0.182. The van der Waals surface area contributed by atoms with Crippen LogP contribution in [0.3, 0.4) is 0 Å². The Morgan fingerprint density at radius 3 is 2.60 bits per heavy atom. The first-order valence-corrected chi connectivity index (χ1v) is 6.37. The highest BCUT2D eigenvalue weighted by Crippen LogP contribution is 2.15. The standard InChI is InChI=1S/C11H11NO2S/c1-2-15(13,14)11-8-7-9-5-3-4-6-10(9)12-11/h3-8H,2H2,1H3. The minimum absolute atomic E-state index is 0.0817. The lowest BCUT2D eigenvalue weighted by Gasteiger charge is -2.02. The number of hydrogen-bond donors (Lipinski definition) is 0. The van der Waals surface area contributed by atoms with Crippen LogP contribution in [-0.2, 0) is 9.84 Å². The van der Waals surface area contributed by atoms with Gasteiger partial charge in [-0.15, -0.1) is 0 Å². The Kier molecular flexibility index (Phi) is 2.44. The molecule has 3 nitrogen and oxygen atoms in total. The Morgan fingerprint density at radius 1 is 1.13 bits per heavy atom. The molecule has 0 bridgehead atoms. The van der Waals surface area contributed by atoms with Gasteiger partial charge in [-0.05, 0) is 18.2 Å². The van der Waals surface area contributed by atoms with Gasteiger partial charge in [-0.3, -0.25) is 0 Å². The molecule has 0 unspecified atom stereocenters. The van der Waals surface area contributed by atoms with E-state index in [0.717, 1.165) is 5.39 Å². The second-order valence-corrected chi connectivity index (χ2v) is 5.47.